The Balaban J connectivity index is 1.92. The summed E-state index contributed by atoms with van der Waals surface area (Å²) in [5.41, 5.74) is 3.45. The maximum atomic E-state index is 12.8. The predicted octanol–water partition coefficient (Wildman–Crippen LogP) is 1.22. The molecule has 1 aromatic carbocycles. The molecule has 11 heteroatoms. The van der Waals surface area contributed by atoms with Gasteiger partial charge in [0, 0.05) is 12.1 Å². The summed E-state index contributed by atoms with van der Waals surface area (Å²) in [5, 5.41) is 25.4. The van der Waals surface area contributed by atoms with E-state index in [1.54, 1.807) is 19.1 Å². The lowest BCUT2D eigenvalue weighted by Gasteiger charge is -2.25. The standard InChI is InChI=1S/C11H10F3N5O2S/c1-10(6-2-4-7(5-3-6)19(20)21)17-18-8(11(12,13)14)15-16-9(18)22-10/h2-5,17,19-20H,1H3/t10-/m0/s1. The normalized spacial score (nSPS) is 22.3. The second-order valence-corrected chi connectivity index (χ2v) is 6.15. The summed E-state index contributed by atoms with van der Waals surface area (Å²) in [6.07, 6.45) is -4.61. The minimum absolute atomic E-state index is 0.0946. The summed E-state index contributed by atoms with van der Waals surface area (Å²) in [7, 11) is 0. The largest absolute Gasteiger partial charge is 0.595 e. The molecule has 2 aromatic rings. The zero-order valence-electron chi connectivity index (χ0n) is 11.0. The summed E-state index contributed by atoms with van der Waals surface area (Å²) < 4.78 is 39.3. The lowest BCUT2D eigenvalue weighted by Crippen LogP contribution is -2.99. The molecular weight excluding hydrogens is 323 g/mol. The second kappa shape index (κ2) is 4.84. The molecule has 2 heterocycles. The predicted molar refractivity (Wildman–Crippen MR) is 69.8 cm³/mol. The highest BCUT2D eigenvalue weighted by Crippen LogP contribution is 2.45. The zero-order valence-corrected chi connectivity index (χ0v) is 11.9. The minimum atomic E-state index is -4.61. The summed E-state index contributed by atoms with van der Waals surface area (Å²) >= 11 is 1.07. The Labute approximate surface area is 126 Å². The van der Waals surface area contributed by atoms with Gasteiger partial charge in [-0.3, -0.25) is 0 Å². The number of rotatable bonds is 2. The third kappa shape index (κ3) is 2.41. The van der Waals surface area contributed by atoms with E-state index in [0.29, 0.717) is 5.56 Å². The first-order valence-corrected chi connectivity index (χ1v) is 6.86. The molecule has 1 aromatic heterocycles. The van der Waals surface area contributed by atoms with Crippen molar-refractivity contribution in [1.29, 1.82) is 0 Å². The van der Waals surface area contributed by atoms with Crippen LogP contribution in [-0.2, 0) is 11.0 Å². The van der Waals surface area contributed by atoms with E-state index in [0.717, 1.165) is 16.4 Å². The van der Waals surface area contributed by atoms with E-state index >= 15 is 0 Å². The van der Waals surface area contributed by atoms with Gasteiger partial charge in [-0.25, -0.2) is 9.88 Å². The molecule has 0 saturated heterocycles. The van der Waals surface area contributed by atoms with Crippen molar-refractivity contribution in [1.82, 2.24) is 14.9 Å². The lowest BCUT2D eigenvalue weighted by molar-refractivity contribution is -0.991. The summed E-state index contributed by atoms with van der Waals surface area (Å²) in [5.74, 6) is -1.12. The molecule has 0 aliphatic carbocycles. The molecule has 0 amide bonds. The first kappa shape index (κ1) is 15.1. The van der Waals surface area contributed by atoms with Gasteiger partial charge in [-0.1, -0.05) is 11.8 Å². The Hall–Kier alpha value is -1.82. The van der Waals surface area contributed by atoms with Gasteiger partial charge in [0.1, 0.15) is 4.87 Å². The Bertz CT molecular complexity index is 703. The number of hydrogen-bond donors (Lipinski definition) is 3. The number of thioether (sulfide) groups is 1. The smallest absolute Gasteiger partial charge is 0.453 e. The third-order valence-electron chi connectivity index (χ3n) is 3.19. The van der Waals surface area contributed by atoms with E-state index in [1.165, 1.54) is 12.1 Å². The first-order valence-electron chi connectivity index (χ1n) is 6.04. The Morgan fingerprint density at radius 3 is 2.50 bits per heavy atom. The van der Waals surface area contributed by atoms with Crippen LogP contribution in [-0.4, -0.2) is 20.1 Å². The van der Waals surface area contributed by atoms with Crippen molar-refractivity contribution in [2.45, 2.75) is 23.1 Å². The van der Waals surface area contributed by atoms with Crippen LogP contribution in [0.25, 0.3) is 0 Å². The van der Waals surface area contributed by atoms with Gasteiger partial charge < -0.3 is 10.6 Å². The third-order valence-corrected chi connectivity index (χ3v) is 4.37. The summed E-state index contributed by atoms with van der Waals surface area (Å²) in [6, 6.07) is 5.90. The molecule has 7 nitrogen and oxygen atoms in total. The first-order chi connectivity index (χ1) is 10.2. The van der Waals surface area contributed by atoms with E-state index in [4.69, 9.17) is 5.21 Å². The molecule has 0 saturated carbocycles. The Morgan fingerprint density at radius 2 is 1.95 bits per heavy atom. The highest BCUT2D eigenvalue weighted by molar-refractivity contribution is 8.00. The molecule has 0 spiro atoms. The monoisotopic (exact) mass is 333 g/mol. The quantitative estimate of drug-likeness (QED) is 0.716. The minimum Gasteiger partial charge on any atom is -0.595 e. The highest BCUT2D eigenvalue weighted by Gasteiger charge is 2.45. The average Bonchev–Trinajstić information content (AvgIpc) is 2.94. The maximum Gasteiger partial charge on any atom is 0.453 e. The van der Waals surface area contributed by atoms with Crippen LogP contribution in [0, 0.1) is 5.21 Å². The molecule has 1 aliphatic rings. The van der Waals surface area contributed by atoms with Crippen molar-refractivity contribution in [3.63, 3.8) is 0 Å². The van der Waals surface area contributed by atoms with Crippen LogP contribution >= 0.6 is 11.8 Å². The van der Waals surface area contributed by atoms with E-state index < -0.39 is 22.1 Å². The van der Waals surface area contributed by atoms with Gasteiger partial charge in [0.25, 0.3) is 5.82 Å². The van der Waals surface area contributed by atoms with Crippen LogP contribution in [0.3, 0.4) is 0 Å². The fraction of sp³-hybridized carbons (Fsp3) is 0.273. The van der Waals surface area contributed by atoms with Crippen LogP contribution in [0.4, 0.5) is 18.9 Å². The lowest BCUT2D eigenvalue weighted by atomic mass is 10.1. The molecular formula is C11H10F3N5O2S. The number of alkyl halides is 3. The Morgan fingerprint density at radius 1 is 1.32 bits per heavy atom. The topological polar surface area (TPSA) is 90.5 Å². The summed E-state index contributed by atoms with van der Waals surface area (Å²) in [6.45, 7) is 1.68. The maximum absolute atomic E-state index is 12.8. The number of quaternary nitrogens is 1. The molecule has 0 fully saturated rings. The molecule has 1 aliphatic heterocycles. The number of halogens is 3. The Kier molecular flexibility index (Phi) is 3.32. The van der Waals surface area contributed by atoms with Gasteiger partial charge in [-0.05, 0) is 24.6 Å². The second-order valence-electron chi connectivity index (χ2n) is 4.77. The molecule has 3 N–H and O–H groups in total. The van der Waals surface area contributed by atoms with E-state index in [9.17, 15) is 18.4 Å². The van der Waals surface area contributed by atoms with Crippen molar-refractivity contribution >= 4 is 17.4 Å². The van der Waals surface area contributed by atoms with Crippen LogP contribution in [0.5, 0.6) is 0 Å². The number of fused-ring (bicyclic) bond motifs is 1. The van der Waals surface area contributed by atoms with E-state index in [-0.39, 0.29) is 10.8 Å². The number of benzene rings is 1. The molecule has 22 heavy (non-hydrogen) atoms. The number of aromatic nitrogens is 3. The number of nitrogens with one attached hydrogen (secondary N) is 2. The average molecular weight is 333 g/mol. The fourth-order valence-corrected chi connectivity index (χ4v) is 3.15. The molecule has 118 valence electrons. The molecule has 0 radical (unpaired) electrons. The fourth-order valence-electron chi connectivity index (χ4n) is 2.09. The van der Waals surface area contributed by atoms with Crippen molar-refractivity contribution in [2.75, 3.05) is 5.43 Å². The van der Waals surface area contributed by atoms with Crippen LogP contribution < -0.4 is 10.7 Å². The van der Waals surface area contributed by atoms with E-state index in [2.05, 4.69) is 15.6 Å². The van der Waals surface area contributed by atoms with Crippen LogP contribution in [0.15, 0.2) is 29.4 Å². The van der Waals surface area contributed by atoms with Crippen molar-refractivity contribution in [3.05, 3.63) is 40.9 Å². The molecule has 2 atom stereocenters. The van der Waals surface area contributed by atoms with Crippen molar-refractivity contribution < 1.29 is 23.6 Å². The zero-order chi connectivity index (χ0) is 16.1. The molecule has 1 unspecified atom stereocenters. The van der Waals surface area contributed by atoms with Crippen LogP contribution in [0.1, 0.15) is 18.3 Å². The van der Waals surface area contributed by atoms with Crippen molar-refractivity contribution in [2.24, 2.45) is 0 Å². The highest BCUT2D eigenvalue weighted by atomic mass is 32.2. The van der Waals surface area contributed by atoms with Gasteiger partial charge >= 0.3 is 6.18 Å². The van der Waals surface area contributed by atoms with Crippen LogP contribution in [0.2, 0.25) is 0 Å². The molecule has 0 bridgehead atoms. The number of nitrogens with zero attached hydrogens (tertiary/aromatic N) is 3. The van der Waals surface area contributed by atoms with Gasteiger partial charge in [0.05, 0.1) is 0 Å². The van der Waals surface area contributed by atoms with Gasteiger partial charge in [0.2, 0.25) is 5.16 Å². The van der Waals surface area contributed by atoms with Gasteiger partial charge in [0.15, 0.2) is 5.69 Å². The van der Waals surface area contributed by atoms with Gasteiger partial charge in [-0.2, -0.15) is 18.4 Å². The number of hydrogen-bond acceptors (Lipinski definition) is 6. The SMILES string of the molecule is C[C@]1(c2ccc([NH+]([O-])O)cc2)Nn2c(nnc2C(F)(F)F)S1. The summed E-state index contributed by atoms with van der Waals surface area (Å²) in [4.78, 5) is -0.900. The van der Waals surface area contributed by atoms with Crippen molar-refractivity contribution in [3.8, 4) is 0 Å². The molecule has 3 rings (SSSR count). The van der Waals surface area contributed by atoms with Gasteiger partial charge in [-0.15, -0.1) is 10.2 Å². The van der Waals surface area contributed by atoms with E-state index in [1.807, 2.05) is 0 Å².